The van der Waals surface area contributed by atoms with Crippen molar-refractivity contribution in [3.63, 3.8) is 0 Å². The van der Waals surface area contributed by atoms with Crippen LogP contribution in [0, 0.1) is 0 Å². The number of amides is 2. The highest BCUT2D eigenvalue weighted by atomic mass is 16.4. The van der Waals surface area contributed by atoms with Gasteiger partial charge in [-0.1, -0.05) is 6.92 Å². The summed E-state index contributed by atoms with van der Waals surface area (Å²) in [5, 5.41) is 11.5. The van der Waals surface area contributed by atoms with E-state index in [-0.39, 0.29) is 23.1 Å². The number of carbonyl (C=O) groups is 3. The van der Waals surface area contributed by atoms with Crippen LogP contribution in [0.2, 0.25) is 0 Å². The molecule has 0 radical (unpaired) electrons. The van der Waals surface area contributed by atoms with Crippen LogP contribution in [0.5, 0.6) is 0 Å². The summed E-state index contributed by atoms with van der Waals surface area (Å²) in [5.74, 6) is -1.62. The molecule has 2 N–H and O–H groups in total. The summed E-state index contributed by atoms with van der Waals surface area (Å²) < 4.78 is 0. The van der Waals surface area contributed by atoms with Crippen LogP contribution in [-0.2, 0) is 4.79 Å². The fraction of sp³-hybridized carbons (Fsp3) is 0.385. The van der Waals surface area contributed by atoms with Crippen molar-refractivity contribution >= 4 is 17.8 Å². The van der Waals surface area contributed by atoms with E-state index >= 15 is 0 Å². The number of hydrogen-bond donors (Lipinski definition) is 2. The molecule has 1 aliphatic heterocycles. The quantitative estimate of drug-likeness (QED) is 0.818. The molecular formula is C13H15N3O4. The van der Waals surface area contributed by atoms with Gasteiger partial charge in [-0.25, -0.2) is 9.78 Å². The number of aromatic carboxylic acids is 1. The molecule has 2 heterocycles. The number of aromatic nitrogens is 1. The molecular weight excluding hydrogens is 262 g/mol. The smallest absolute Gasteiger partial charge is 0.354 e. The summed E-state index contributed by atoms with van der Waals surface area (Å²) in [7, 11) is 0. The van der Waals surface area contributed by atoms with Gasteiger partial charge in [0.1, 0.15) is 11.7 Å². The molecule has 2 amide bonds. The van der Waals surface area contributed by atoms with Crippen molar-refractivity contribution in [2.75, 3.05) is 13.1 Å². The minimum absolute atomic E-state index is 0.120. The maximum absolute atomic E-state index is 12.4. The van der Waals surface area contributed by atoms with Crippen LogP contribution < -0.4 is 5.32 Å². The molecule has 0 aromatic carbocycles. The molecule has 2 rings (SSSR count). The lowest BCUT2D eigenvalue weighted by atomic mass is 10.1. The highest BCUT2D eigenvalue weighted by Crippen LogP contribution is 2.13. The average Bonchev–Trinajstić information content (AvgIpc) is 2.46. The standard InChI is InChI=1S/C13H15N3O4/c1-2-10-11(17)14-5-6-16(10)12(18)8-3-4-9(13(19)20)15-7-8/h3-4,7,10H,2,5-6H2,1H3,(H,14,17)(H,19,20). The summed E-state index contributed by atoms with van der Waals surface area (Å²) >= 11 is 0. The van der Waals surface area contributed by atoms with Crippen molar-refractivity contribution in [3.8, 4) is 0 Å². The van der Waals surface area contributed by atoms with Gasteiger partial charge in [0, 0.05) is 19.3 Å². The summed E-state index contributed by atoms with van der Waals surface area (Å²) in [4.78, 5) is 40.0. The van der Waals surface area contributed by atoms with Gasteiger partial charge in [0.15, 0.2) is 0 Å². The van der Waals surface area contributed by atoms with Crippen molar-refractivity contribution in [2.24, 2.45) is 0 Å². The Balaban J connectivity index is 2.21. The number of carbonyl (C=O) groups excluding carboxylic acids is 2. The second-order valence-corrected chi connectivity index (χ2v) is 4.45. The van der Waals surface area contributed by atoms with Crippen molar-refractivity contribution in [2.45, 2.75) is 19.4 Å². The third-order valence-electron chi connectivity index (χ3n) is 3.21. The SMILES string of the molecule is CCC1C(=O)NCCN1C(=O)c1ccc(C(=O)O)nc1. The van der Waals surface area contributed by atoms with Crippen molar-refractivity contribution in [1.82, 2.24) is 15.2 Å². The predicted molar refractivity (Wildman–Crippen MR) is 69.3 cm³/mol. The van der Waals surface area contributed by atoms with Crippen LogP contribution >= 0.6 is 0 Å². The van der Waals surface area contributed by atoms with Gasteiger partial charge in [-0.05, 0) is 18.6 Å². The largest absolute Gasteiger partial charge is 0.477 e. The van der Waals surface area contributed by atoms with Crippen LogP contribution in [0.15, 0.2) is 18.3 Å². The number of nitrogens with one attached hydrogen (secondary N) is 1. The first-order valence-corrected chi connectivity index (χ1v) is 6.32. The third kappa shape index (κ3) is 2.61. The second kappa shape index (κ2) is 5.68. The number of carboxylic acids is 1. The number of carboxylic acid groups (broad SMARTS) is 1. The summed E-state index contributed by atoms with van der Waals surface area (Å²) in [6, 6.07) is 2.20. The third-order valence-corrected chi connectivity index (χ3v) is 3.21. The molecule has 1 unspecified atom stereocenters. The zero-order valence-electron chi connectivity index (χ0n) is 11.0. The molecule has 1 fully saturated rings. The van der Waals surface area contributed by atoms with Crippen molar-refractivity contribution in [3.05, 3.63) is 29.6 Å². The van der Waals surface area contributed by atoms with Gasteiger partial charge < -0.3 is 15.3 Å². The number of rotatable bonds is 3. The average molecular weight is 277 g/mol. The number of pyridine rings is 1. The molecule has 1 aromatic heterocycles. The maximum atomic E-state index is 12.4. The summed E-state index contributed by atoms with van der Waals surface area (Å²) in [5.41, 5.74) is 0.160. The van der Waals surface area contributed by atoms with Gasteiger partial charge in [0.05, 0.1) is 5.56 Å². The van der Waals surface area contributed by atoms with Gasteiger partial charge >= 0.3 is 5.97 Å². The molecule has 0 aliphatic carbocycles. The van der Waals surface area contributed by atoms with E-state index in [0.29, 0.717) is 19.5 Å². The van der Waals surface area contributed by atoms with Crippen LogP contribution in [0.3, 0.4) is 0 Å². The van der Waals surface area contributed by atoms with Gasteiger partial charge in [-0.3, -0.25) is 9.59 Å². The van der Waals surface area contributed by atoms with Gasteiger partial charge in [-0.15, -0.1) is 0 Å². The van der Waals surface area contributed by atoms with E-state index in [1.165, 1.54) is 23.2 Å². The Morgan fingerprint density at radius 1 is 1.50 bits per heavy atom. The molecule has 7 nitrogen and oxygen atoms in total. The summed E-state index contributed by atoms with van der Waals surface area (Å²) in [6.45, 7) is 2.69. The normalized spacial score (nSPS) is 18.6. The Labute approximate surface area is 115 Å². The molecule has 0 saturated carbocycles. The van der Waals surface area contributed by atoms with Gasteiger partial charge in [-0.2, -0.15) is 0 Å². The lowest BCUT2D eigenvalue weighted by molar-refractivity contribution is -0.127. The van der Waals surface area contributed by atoms with Crippen LogP contribution in [-0.4, -0.2) is 51.9 Å². The first kappa shape index (κ1) is 14.0. The Morgan fingerprint density at radius 2 is 2.25 bits per heavy atom. The first-order valence-electron chi connectivity index (χ1n) is 6.32. The highest BCUT2D eigenvalue weighted by Gasteiger charge is 2.32. The molecule has 0 bridgehead atoms. The first-order chi connectivity index (χ1) is 9.54. The van der Waals surface area contributed by atoms with Gasteiger partial charge in [0.2, 0.25) is 5.91 Å². The number of nitrogens with zero attached hydrogens (tertiary/aromatic N) is 2. The fourth-order valence-electron chi connectivity index (χ4n) is 2.18. The predicted octanol–water partition coefficient (Wildman–Crippen LogP) is 0.130. The van der Waals surface area contributed by atoms with E-state index < -0.39 is 12.0 Å². The molecule has 106 valence electrons. The molecule has 1 atom stereocenters. The van der Waals surface area contributed by atoms with Crippen LogP contribution in [0.25, 0.3) is 0 Å². The summed E-state index contributed by atoms with van der Waals surface area (Å²) in [6.07, 6.45) is 1.75. The molecule has 1 saturated heterocycles. The molecule has 1 aliphatic rings. The van der Waals surface area contributed by atoms with E-state index in [2.05, 4.69) is 10.3 Å². The Bertz CT molecular complexity index is 541. The monoisotopic (exact) mass is 277 g/mol. The Hall–Kier alpha value is -2.44. The van der Waals surface area contributed by atoms with E-state index in [1.807, 2.05) is 6.92 Å². The van der Waals surface area contributed by atoms with Crippen LogP contribution in [0.1, 0.15) is 34.2 Å². The minimum atomic E-state index is -1.15. The maximum Gasteiger partial charge on any atom is 0.354 e. The zero-order valence-corrected chi connectivity index (χ0v) is 11.0. The fourth-order valence-corrected chi connectivity index (χ4v) is 2.18. The Kier molecular flexibility index (Phi) is 3.97. The zero-order chi connectivity index (χ0) is 14.7. The second-order valence-electron chi connectivity index (χ2n) is 4.45. The van der Waals surface area contributed by atoms with Crippen molar-refractivity contribution in [1.29, 1.82) is 0 Å². The highest BCUT2D eigenvalue weighted by molar-refractivity contribution is 5.98. The molecule has 0 spiro atoms. The Morgan fingerprint density at radius 3 is 2.80 bits per heavy atom. The van der Waals surface area contributed by atoms with E-state index in [9.17, 15) is 14.4 Å². The van der Waals surface area contributed by atoms with Gasteiger partial charge in [0.25, 0.3) is 5.91 Å². The molecule has 7 heteroatoms. The van der Waals surface area contributed by atoms with E-state index in [4.69, 9.17) is 5.11 Å². The van der Waals surface area contributed by atoms with Crippen molar-refractivity contribution < 1.29 is 19.5 Å². The molecule has 20 heavy (non-hydrogen) atoms. The number of hydrogen-bond acceptors (Lipinski definition) is 4. The lowest BCUT2D eigenvalue weighted by Gasteiger charge is -2.34. The topological polar surface area (TPSA) is 99.6 Å². The minimum Gasteiger partial charge on any atom is -0.477 e. The lowest BCUT2D eigenvalue weighted by Crippen LogP contribution is -2.56. The molecule has 1 aromatic rings. The van der Waals surface area contributed by atoms with E-state index in [1.54, 1.807) is 0 Å². The van der Waals surface area contributed by atoms with E-state index in [0.717, 1.165) is 0 Å². The number of piperazine rings is 1. The van der Waals surface area contributed by atoms with Crippen LogP contribution in [0.4, 0.5) is 0 Å².